The fourth-order valence-corrected chi connectivity index (χ4v) is 15.8. The maximum atomic E-state index is 16.4. The number of pyridine rings is 1. The first kappa shape index (κ1) is 93.3. The van der Waals surface area contributed by atoms with Gasteiger partial charge >= 0.3 is 0 Å². The monoisotopic (exact) mass is 1820 g/mol. The Balaban J connectivity index is 1.03. The number of phenolic OH excluding ortho intramolecular Hbond substituents is 3. The van der Waals surface area contributed by atoms with Gasteiger partial charge in [-0.2, -0.15) is 5.26 Å². The van der Waals surface area contributed by atoms with Gasteiger partial charge in [0.25, 0.3) is 17.7 Å². The summed E-state index contributed by atoms with van der Waals surface area (Å²) in [4.78, 5) is 155. The van der Waals surface area contributed by atoms with Gasteiger partial charge < -0.3 is 128 Å². The van der Waals surface area contributed by atoms with Crippen LogP contribution in [0.2, 0.25) is 20.1 Å². The first-order valence-corrected chi connectivity index (χ1v) is 40.3. The van der Waals surface area contributed by atoms with Gasteiger partial charge in [-0.15, -0.1) is 0 Å². The van der Waals surface area contributed by atoms with E-state index in [1.165, 1.54) is 62.9 Å². The molecule has 126 heavy (non-hydrogen) atoms. The van der Waals surface area contributed by atoms with Gasteiger partial charge in [0.05, 0.1) is 53.2 Å². The molecule has 0 spiro atoms. The first-order valence-electron chi connectivity index (χ1n) is 38.8. The molecule has 668 valence electrons. The molecular weight excluding hydrogens is 1740 g/mol. The predicted octanol–water partition coefficient (Wildman–Crippen LogP) is 2.45. The number of phenols is 3. The molecular formula is C82H86Cl4N14O26. The molecule has 6 aromatic carbocycles. The Morgan fingerprint density at radius 2 is 1.36 bits per heavy atom. The Labute approximate surface area is 735 Å². The number of aromatic hydroxyl groups is 3. The summed E-state index contributed by atoms with van der Waals surface area (Å²) >= 11 is 26.7. The molecule has 7 aromatic rings. The van der Waals surface area contributed by atoms with Gasteiger partial charge in [0.15, 0.2) is 36.7 Å². The van der Waals surface area contributed by atoms with Crippen LogP contribution in [0.3, 0.4) is 0 Å². The van der Waals surface area contributed by atoms with Gasteiger partial charge in [0.1, 0.15) is 95.5 Å². The number of aromatic nitrogens is 1. The van der Waals surface area contributed by atoms with Crippen LogP contribution in [-0.2, 0) is 68.7 Å². The Kier molecular flexibility index (Phi) is 29.4. The van der Waals surface area contributed by atoms with Crippen LogP contribution in [0.15, 0.2) is 116 Å². The molecule has 11 bridgehead atoms. The van der Waals surface area contributed by atoms with E-state index in [0.29, 0.717) is 5.56 Å². The maximum absolute atomic E-state index is 16.4. The van der Waals surface area contributed by atoms with E-state index in [2.05, 4.69) is 52.8 Å². The third-order valence-electron chi connectivity index (χ3n) is 21.2. The number of amides is 10. The van der Waals surface area contributed by atoms with Crippen molar-refractivity contribution < 1.29 is 127 Å². The van der Waals surface area contributed by atoms with Gasteiger partial charge in [0.2, 0.25) is 53.4 Å². The number of primary amides is 1. The second kappa shape index (κ2) is 39.8. The van der Waals surface area contributed by atoms with Crippen molar-refractivity contribution in [2.24, 2.45) is 11.7 Å². The minimum absolute atomic E-state index is 0.0317. The Bertz CT molecular complexity index is 5420. The molecule has 0 saturated carbocycles. The van der Waals surface area contributed by atoms with Gasteiger partial charge in [-0.25, -0.2) is 5.48 Å². The molecule has 22 N–H and O–H groups in total. The van der Waals surface area contributed by atoms with Gasteiger partial charge in [-0.05, 0) is 145 Å². The topological polar surface area (TPSA) is 612 Å². The molecule has 1 aromatic heterocycles. The van der Waals surface area contributed by atoms with Crippen LogP contribution in [-0.4, -0.2) is 209 Å². The van der Waals surface area contributed by atoms with E-state index in [-0.39, 0.29) is 57.7 Å². The second-order valence-corrected chi connectivity index (χ2v) is 32.4. The van der Waals surface area contributed by atoms with Crippen molar-refractivity contribution in [1.82, 2.24) is 58.3 Å². The number of hydrogen-bond donors (Lipinski definition) is 21. The number of nitrogens with zero attached hydrogens (tertiary/aromatic N) is 2. The average Bonchev–Trinajstić information content (AvgIpc) is 0.765. The number of anilines is 1. The molecule has 7 aliphatic rings. The minimum atomic E-state index is -2.42. The van der Waals surface area contributed by atoms with E-state index in [9.17, 15) is 69.9 Å². The summed E-state index contributed by atoms with van der Waals surface area (Å²) < 4.78 is 39.5. The quantitative estimate of drug-likeness (QED) is 0.0279. The van der Waals surface area contributed by atoms with Crippen LogP contribution >= 0.6 is 46.4 Å². The van der Waals surface area contributed by atoms with Crippen LogP contribution in [0.5, 0.6) is 46.0 Å². The lowest BCUT2D eigenvalue weighted by Crippen LogP contribution is -2.65. The van der Waals surface area contributed by atoms with Crippen LogP contribution in [0, 0.1) is 17.4 Å². The third-order valence-corrected chi connectivity index (χ3v) is 22.2. The number of fused-ring (bicyclic) bond motifs is 15. The zero-order valence-corrected chi connectivity index (χ0v) is 70.1. The summed E-state index contributed by atoms with van der Waals surface area (Å²) in [6.07, 6.45) is -15.4. The summed E-state index contributed by atoms with van der Waals surface area (Å²) in [5.41, 5.74) is 4.08. The summed E-state index contributed by atoms with van der Waals surface area (Å²) in [6, 6.07) is 4.54. The zero-order chi connectivity index (χ0) is 91.2. The van der Waals surface area contributed by atoms with Gasteiger partial charge in [0, 0.05) is 57.5 Å². The molecule has 2 fully saturated rings. The number of nitrogens with two attached hydrogens (primary N) is 1. The number of aliphatic hydroxyl groups excluding tert-OH is 6. The van der Waals surface area contributed by atoms with Crippen LogP contribution in [0.25, 0.3) is 11.1 Å². The molecule has 0 aliphatic carbocycles. The van der Waals surface area contributed by atoms with E-state index < -0.39 is 272 Å². The Hall–Kier alpha value is -11.9. The van der Waals surface area contributed by atoms with Crippen LogP contribution in [0.1, 0.15) is 121 Å². The van der Waals surface area contributed by atoms with Gasteiger partial charge in [-0.3, -0.25) is 63.1 Å². The highest BCUT2D eigenvalue weighted by Crippen LogP contribution is 2.50. The third kappa shape index (κ3) is 21.3. The Morgan fingerprint density at radius 3 is 1.99 bits per heavy atom. The second-order valence-electron chi connectivity index (χ2n) is 30.8. The highest BCUT2D eigenvalue weighted by molar-refractivity contribution is 6.35. The van der Waals surface area contributed by atoms with E-state index in [1.807, 2.05) is 5.48 Å². The number of nitriles is 1. The lowest BCUT2D eigenvalue weighted by molar-refractivity contribution is -0.334. The van der Waals surface area contributed by atoms with E-state index >= 15 is 24.0 Å². The smallest absolute Gasteiger partial charge is 0.270 e. The number of halogens is 4. The van der Waals surface area contributed by atoms with Crippen LogP contribution < -0.4 is 78.6 Å². The normalized spacial score (nSPS) is 25.7. The van der Waals surface area contributed by atoms with Crippen molar-refractivity contribution in [3.63, 3.8) is 0 Å². The largest absolute Gasteiger partial charge is 0.508 e. The minimum Gasteiger partial charge on any atom is -0.508 e. The predicted molar refractivity (Wildman–Crippen MR) is 441 cm³/mol. The van der Waals surface area contributed by atoms with E-state index in [1.54, 1.807) is 32.2 Å². The number of ether oxygens (including phenoxy) is 6. The molecule has 40 nitrogen and oxygen atoms in total. The fraction of sp³-hybridized carbons (Fsp3) is 0.366. The van der Waals surface area contributed by atoms with E-state index in [0.717, 1.165) is 66.7 Å². The van der Waals surface area contributed by atoms with E-state index in [4.69, 9.17) is 90.7 Å². The number of likely N-dealkylation sites (N-methyl/N-ethyl adjacent to an activating group) is 1. The lowest BCUT2D eigenvalue weighted by atomic mass is 9.84. The van der Waals surface area contributed by atoms with Crippen molar-refractivity contribution in [2.45, 2.75) is 163 Å². The molecule has 18 atom stereocenters. The number of carbonyl (C=O) groups is 10. The maximum Gasteiger partial charge on any atom is 0.270 e. The van der Waals surface area contributed by atoms with Crippen molar-refractivity contribution >= 4 is 111 Å². The molecule has 16 unspecified atom stereocenters. The molecule has 8 heterocycles. The molecule has 2 saturated heterocycles. The number of benzene rings is 6. The highest BCUT2D eigenvalue weighted by atomic mass is 35.5. The fourth-order valence-electron chi connectivity index (χ4n) is 14.8. The summed E-state index contributed by atoms with van der Waals surface area (Å²) in [5, 5.41) is 141. The van der Waals surface area contributed by atoms with Crippen molar-refractivity contribution in [2.75, 3.05) is 25.6 Å². The molecule has 0 radical (unpaired) electrons. The van der Waals surface area contributed by atoms with Crippen molar-refractivity contribution in [3.05, 3.63) is 175 Å². The molecule has 10 amide bonds. The zero-order valence-electron chi connectivity index (χ0n) is 67.1. The number of carbonyl (C=O) groups excluding carboxylic acids is 10. The van der Waals surface area contributed by atoms with Crippen molar-refractivity contribution in [1.29, 1.82) is 5.26 Å². The summed E-state index contributed by atoms with van der Waals surface area (Å²) in [6.45, 7) is 4.65. The standard InChI is InChI=1S/C82H86Cl4N14O26/c1-32(2)12-48(89-5)74(113)98-64-66(107)36-7-10-52(46(85)17-36)122-54-19-38-20-55(70(54)126-81-71(69(110)68(109)56(29-101)124-81)125-59-25-82(4,72(111)33(3)121-59)92-27-34-13-42(28-90-26-34)93-73(112)39-14-40(83)21-41(84)15-39)123-53-11-8-37(18-47(53)86)67(108)65-79(118)97-63(80(119)100-120-30-58(106)91-31-87)45-22-43(102)23-51(104)60(45)44-16-35(6-9-50(44)103)61(76(115)99-65)96-77(116)62(38)95-75(114)49(24-57(88)105)94-78(64)117/h6-11,13-23,26,28,32-33,48-49,56,59,61-69,71-72,81,89,92,101-104,107-111H,12,24-25,27,29-30H2,1-5H3,(H2,88,105)(H,91,106)(H,93,112)(H,94,117)(H,95,114)(H,96,116)(H,97,118)(H,98,113)(H,99,115)(H,100,119)/t33?,48?,49?,56?,59?,61?,62?,63-,64?,65?,66?,67?,68?,69?,71?,72?,81?,82-/m1/s1. The average molecular weight is 1830 g/mol. The molecule has 7 aliphatic heterocycles. The van der Waals surface area contributed by atoms with Gasteiger partial charge in [-0.1, -0.05) is 78.5 Å². The number of rotatable bonds is 21. The lowest BCUT2D eigenvalue weighted by Gasteiger charge is -2.48. The van der Waals surface area contributed by atoms with Crippen LogP contribution in [0.4, 0.5) is 5.69 Å². The highest BCUT2D eigenvalue weighted by Gasteiger charge is 2.52. The number of aliphatic hydroxyl groups is 6. The number of nitrogens with one attached hydrogen (secondary N) is 11. The number of hydroxylamine groups is 1. The molecule has 14 rings (SSSR count). The molecule has 44 heteroatoms. The SMILES string of the molecule is CNC(CC(C)C)C(=O)NC1C(=O)NC(CC(N)=O)C(=O)NC2C(=O)NC3C(=O)NC(C(=O)N[C@@H](C(=O)NOCC(=O)NC#N)c4cc(O)cc(O)c4-c4cc3ccc4O)C(O)c3ccc(c(Cl)c3)Oc3cc2cc(c3OC2OC(CO)C(O)C(O)C2OC2C[C@@](C)(NCc3cncc(NC(=O)c4cc(Cl)cc(Cl)c4)c3)C(O)C(C)O2)Oc2ccc(cc2Cl)C1O. The summed E-state index contributed by atoms with van der Waals surface area (Å²) in [7, 11) is 1.46. The van der Waals surface area contributed by atoms with Crippen molar-refractivity contribution in [3.8, 4) is 63.3 Å². The summed E-state index contributed by atoms with van der Waals surface area (Å²) in [5.74, 6) is -18.0. The Morgan fingerprint density at radius 1 is 0.714 bits per heavy atom. The number of hydrogen-bond acceptors (Lipinski definition) is 30. The first-order chi connectivity index (χ1) is 59.8.